The van der Waals surface area contributed by atoms with Gasteiger partial charge in [0.1, 0.15) is 17.0 Å². The number of aryl methyl sites for hydroxylation is 1. The zero-order valence-electron chi connectivity index (χ0n) is 8.63. The number of H-pyrrole nitrogens is 1. The Morgan fingerprint density at radius 2 is 2.06 bits per heavy atom. The van der Waals surface area contributed by atoms with Crippen molar-refractivity contribution in [1.29, 1.82) is 0 Å². The van der Waals surface area contributed by atoms with E-state index in [2.05, 4.69) is 14.7 Å². The predicted octanol–water partition coefficient (Wildman–Crippen LogP) is 2.13. The second-order valence-corrected chi connectivity index (χ2v) is 3.35. The average molecular weight is 244 g/mol. The van der Waals surface area contributed by atoms with Crippen molar-refractivity contribution in [3.63, 3.8) is 0 Å². The molecular weight excluding hydrogens is 237 g/mol. The molecule has 0 saturated heterocycles. The predicted molar refractivity (Wildman–Crippen MR) is 53.8 cm³/mol. The number of fused-ring (bicyclic) bond motifs is 1. The lowest BCUT2D eigenvalue weighted by molar-refractivity contribution is -0.274. The summed E-state index contributed by atoms with van der Waals surface area (Å²) < 4.78 is 40.2. The lowest BCUT2D eigenvalue weighted by Gasteiger charge is -2.10. The molecule has 1 N–H and O–H groups in total. The maximum Gasteiger partial charge on any atom is 0.573 e. The van der Waals surface area contributed by atoms with Gasteiger partial charge in [0.15, 0.2) is 0 Å². The standard InChI is InChI=1S/C10H7F3N2O2/c1-5-14-6-3-2-4-7(17-10(11,12)13)8(6)9(16)15-5/h2-4H,1H3,(H,14,15,16). The minimum absolute atomic E-state index is 0.160. The van der Waals surface area contributed by atoms with Gasteiger partial charge in [-0.2, -0.15) is 0 Å². The Bertz CT molecular complexity index is 619. The first kappa shape index (κ1) is 11.4. The Morgan fingerprint density at radius 3 is 2.71 bits per heavy atom. The Labute approximate surface area is 93.1 Å². The third-order valence-corrected chi connectivity index (χ3v) is 2.04. The molecule has 0 radical (unpaired) electrons. The van der Waals surface area contributed by atoms with Gasteiger partial charge in [0.05, 0.1) is 5.52 Å². The second-order valence-electron chi connectivity index (χ2n) is 3.35. The summed E-state index contributed by atoms with van der Waals surface area (Å²) in [7, 11) is 0. The third-order valence-electron chi connectivity index (χ3n) is 2.04. The first-order valence-electron chi connectivity index (χ1n) is 4.62. The van der Waals surface area contributed by atoms with Crippen LogP contribution in [0, 0.1) is 6.92 Å². The summed E-state index contributed by atoms with van der Waals surface area (Å²) in [4.78, 5) is 17.8. The highest BCUT2D eigenvalue weighted by Gasteiger charge is 2.32. The summed E-state index contributed by atoms with van der Waals surface area (Å²) >= 11 is 0. The molecule has 0 amide bonds. The van der Waals surface area contributed by atoms with Crippen molar-refractivity contribution in [2.24, 2.45) is 0 Å². The summed E-state index contributed by atoms with van der Waals surface area (Å²) in [6.45, 7) is 1.54. The van der Waals surface area contributed by atoms with Crippen LogP contribution in [0.15, 0.2) is 23.0 Å². The fraction of sp³-hybridized carbons (Fsp3) is 0.200. The first-order chi connectivity index (χ1) is 7.87. The van der Waals surface area contributed by atoms with Crippen molar-refractivity contribution in [2.75, 3.05) is 0 Å². The Hall–Kier alpha value is -2.05. The van der Waals surface area contributed by atoms with Crippen LogP contribution in [-0.2, 0) is 0 Å². The van der Waals surface area contributed by atoms with Gasteiger partial charge in [0.25, 0.3) is 5.56 Å². The van der Waals surface area contributed by atoms with Crippen LogP contribution >= 0.6 is 0 Å². The number of nitrogens with zero attached hydrogens (tertiary/aromatic N) is 1. The zero-order chi connectivity index (χ0) is 12.6. The van der Waals surface area contributed by atoms with Crippen molar-refractivity contribution < 1.29 is 17.9 Å². The molecule has 1 aromatic heterocycles. The molecule has 0 unspecified atom stereocenters. The van der Waals surface area contributed by atoms with Gasteiger partial charge >= 0.3 is 6.36 Å². The number of hydrogen-bond acceptors (Lipinski definition) is 3. The number of hydrogen-bond donors (Lipinski definition) is 1. The minimum atomic E-state index is -4.84. The summed E-state index contributed by atoms with van der Waals surface area (Å²) in [5.41, 5.74) is -0.500. The Morgan fingerprint density at radius 1 is 1.35 bits per heavy atom. The van der Waals surface area contributed by atoms with E-state index >= 15 is 0 Å². The van der Waals surface area contributed by atoms with Gasteiger partial charge in [-0.3, -0.25) is 4.79 Å². The SMILES string of the molecule is Cc1nc2cccc(OC(F)(F)F)c2c(=O)[nH]1. The van der Waals surface area contributed by atoms with Crippen LogP contribution in [0.25, 0.3) is 10.9 Å². The number of alkyl halides is 3. The number of aromatic amines is 1. The highest BCUT2D eigenvalue weighted by molar-refractivity contribution is 5.84. The summed E-state index contributed by atoms with van der Waals surface area (Å²) in [5.74, 6) is -0.226. The molecule has 2 aromatic rings. The maximum atomic E-state index is 12.1. The lowest BCUT2D eigenvalue weighted by atomic mass is 10.2. The fourth-order valence-corrected chi connectivity index (χ4v) is 1.49. The molecule has 1 aromatic carbocycles. The third kappa shape index (κ3) is 2.38. The molecule has 0 atom stereocenters. The molecule has 4 nitrogen and oxygen atoms in total. The second kappa shape index (κ2) is 3.76. The van der Waals surface area contributed by atoms with E-state index < -0.39 is 17.7 Å². The van der Waals surface area contributed by atoms with Crippen molar-refractivity contribution >= 4 is 10.9 Å². The number of ether oxygens (including phenoxy) is 1. The minimum Gasteiger partial charge on any atom is -0.405 e. The number of halogens is 3. The summed E-state index contributed by atoms with van der Waals surface area (Å²) in [6, 6.07) is 3.86. The normalized spacial score (nSPS) is 11.8. The first-order valence-corrected chi connectivity index (χ1v) is 4.62. The largest absolute Gasteiger partial charge is 0.573 e. The van der Waals surface area contributed by atoms with E-state index in [4.69, 9.17) is 0 Å². The van der Waals surface area contributed by atoms with Crippen LogP contribution in [0.5, 0.6) is 5.75 Å². The van der Waals surface area contributed by atoms with E-state index in [0.717, 1.165) is 6.07 Å². The monoisotopic (exact) mass is 244 g/mol. The van der Waals surface area contributed by atoms with E-state index in [1.54, 1.807) is 0 Å². The highest BCUT2D eigenvalue weighted by atomic mass is 19.4. The van der Waals surface area contributed by atoms with Gasteiger partial charge in [0.2, 0.25) is 0 Å². The maximum absolute atomic E-state index is 12.1. The van der Waals surface area contributed by atoms with Crippen molar-refractivity contribution in [2.45, 2.75) is 13.3 Å². The van der Waals surface area contributed by atoms with Crippen LogP contribution in [-0.4, -0.2) is 16.3 Å². The van der Waals surface area contributed by atoms with Gasteiger partial charge < -0.3 is 9.72 Å². The molecule has 1 heterocycles. The quantitative estimate of drug-likeness (QED) is 0.836. The highest BCUT2D eigenvalue weighted by Crippen LogP contribution is 2.27. The van der Waals surface area contributed by atoms with E-state index in [9.17, 15) is 18.0 Å². The van der Waals surface area contributed by atoms with Crippen LogP contribution in [0.2, 0.25) is 0 Å². The van der Waals surface area contributed by atoms with Crippen molar-refractivity contribution in [3.05, 3.63) is 34.4 Å². The van der Waals surface area contributed by atoms with Gasteiger partial charge in [-0.25, -0.2) is 4.98 Å². The van der Waals surface area contributed by atoms with Crippen LogP contribution in [0.3, 0.4) is 0 Å². The van der Waals surface area contributed by atoms with Crippen molar-refractivity contribution in [1.82, 2.24) is 9.97 Å². The van der Waals surface area contributed by atoms with Crippen molar-refractivity contribution in [3.8, 4) is 5.75 Å². The van der Waals surface area contributed by atoms with Crippen LogP contribution < -0.4 is 10.3 Å². The van der Waals surface area contributed by atoms with E-state index in [-0.39, 0.29) is 10.9 Å². The smallest absolute Gasteiger partial charge is 0.405 e. The van der Waals surface area contributed by atoms with E-state index in [0.29, 0.717) is 5.82 Å². The van der Waals surface area contributed by atoms with Gasteiger partial charge in [-0.05, 0) is 19.1 Å². The summed E-state index contributed by atoms with van der Waals surface area (Å²) in [5, 5.41) is -0.213. The Kier molecular flexibility index (Phi) is 2.53. The van der Waals surface area contributed by atoms with Crippen LogP contribution in [0.4, 0.5) is 13.2 Å². The van der Waals surface area contributed by atoms with Crippen LogP contribution in [0.1, 0.15) is 5.82 Å². The molecule has 0 saturated carbocycles. The number of nitrogens with one attached hydrogen (secondary N) is 1. The topological polar surface area (TPSA) is 55.0 Å². The van der Waals surface area contributed by atoms with Gasteiger partial charge in [0, 0.05) is 0 Å². The van der Waals surface area contributed by atoms with E-state index in [1.165, 1.54) is 19.1 Å². The molecule has 0 fully saturated rings. The molecule has 0 aliphatic rings. The van der Waals surface area contributed by atoms with Gasteiger partial charge in [-0.15, -0.1) is 13.2 Å². The van der Waals surface area contributed by atoms with Gasteiger partial charge in [-0.1, -0.05) is 6.07 Å². The summed E-state index contributed by atoms with van der Waals surface area (Å²) in [6.07, 6.45) is -4.84. The molecule has 0 spiro atoms. The molecule has 90 valence electrons. The lowest BCUT2D eigenvalue weighted by Crippen LogP contribution is -2.19. The molecule has 0 aliphatic heterocycles. The molecule has 0 aliphatic carbocycles. The molecule has 0 bridgehead atoms. The average Bonchev–Trinajstić information content (AvgIpc) is 2.13. The molecule has 2 rings (SSSR count). The Balaban J connectivity index is 2.69. The molecule has 7 heteroatoms. The number of benzene rings is 1. The zero-order valence-corrected chi connectivity index (χ0v) is 8.63. The molecular formula is C10H7F3N2O2. The van der Waals surface area contributed by atoms with E-state index in [1.807, 2.05) is 0 Å². The number of aromatic nitrogens is 2. The molecule has 17 heavy (non-hydrogen) atoms. The fourth-order valence-electron chi connectivity index (χ4n) is 1.49. The number of rotatable bonds is 1.